The summed E-state index contributed by atoms with van der Waals surface area (Å²) < 4.78 is 16.6. The number of rotatable bonds is 4. The van der Waals surface area contributed by atoms with Gasteiger partial charge in [0.25, 0.3) is 0 Å². The van der Waals surface area contributed by atoms with Crippen molar-refractivity contribution in [3.63, 3.8) is 0 Å². The third-order valence-corrected chi connectivity index (χ3v) is 2.99. The fraction of sp³-hybridized carbons (Fsp3) is 0.143. The Labute approximate surface area is 125 Å². The van der Waals surface area contributed by atoms with Crippen LogP contribution in [0.4, 0.5) is 10.2 Å². The average molecular weight is 300 g/mol. The Kier molecular flexibility index (Phi) is 3.65. The van der Waals surface area contributed by atoms with Crippen LogP contribution in [0.1, 0.15) is 0 Å². The van der Waals surface area contributed by atoms with E-state index in [1.165, 1.54) is 21.6 Å². The lowest BCUT2D eigenvalue weighted by molar-refractivity contribution is -0.116. The summed E-state index contributed by atoms with van der Waals surface area (Å²) in [6.45, 7) is 0.00499. The molecule has 8 heteroatoms. The van der Waals surface area contributed by atoms with Crippen LogP contribution in [0.5, 0.6) is 0 Å². The standard InChI is InChI=1S/C14H13FN6O/c1-20-8-13(18-19-20)17-14(22)9-21-7-10(6-16-21)11-4-2-3-5-12(11)15/h2-8H,9H2,1H3,(H,17,22). The Morgan fingerprint density at radius 2 is 2.14 bits per heavy atom. The maximum atomic E-state index is 13.7. The predicted molar refractivity (Wildman–Crippen MR) is 77.3 cm³/mol. The van der Waals surface area contributed by atoms with Crippen molar-refractivity contribution in [2.24, 2.45) is 7.05 Å². The van der Waals surface area contributed by atoms with Gasteiger partial charge in [-0.2, -0.15) is 5.10 Å². The summed E-state index contributed by atoms with van der Waals surface area (Å²) in [6.07, 6.45) is 4.73. The zero-order chi connectivity index (χ0) is 15.5. The van der Waals surface area contributed by atoms with Crippen LogP contribution >= 0.6 is 0 Å². The second-order valence-electron chi connectivity index (χ2n) is 4.73. The van der Waals surface area contributed by atoms with Gasteiger partial charge < -0.3 is 5.32 Å². The largest absolute Gasteiger partial charge is 0.306 e. The number of aryl methyl sites for hydroxylation is 1. The normalized spacial score (nSPS) is 10.6. The third-order valence-electron chi connectivity index (χ3n) is 2.99. The highest BCUT2D eigenvalue weighted by Gasteiger charge is 2.10. The quantitative estimate of drug-likeness (QED) is 0.791. The zero-order valence-electron chi connectivity index (χ0n) is 11.8. The summed E-state index contributed by atoms with van der Waals surface area (Å²) >= 11 is 0. The molecule has 0 radical (unpaired) electrons. The molecule has 0 bridgehead atoms. The van der Waals surface area contributed by atoms with Gasteiger partial charge in [-0.1, -0.05) is 23.4 Å². The van der Waals surface area contributed by atoms with Gasteiger partial charge in [0.1, 0.15) is 12.4 Å². The van der Waals surface area contributed by atoms with Crippen molar-refractivity contribution in [2.75, 3.05) is 5.32 Å². The first-order chi connectivity index (χ1) is 10.6. The van der Waals surface area contributed by atoms with Crippen LogP contribution in [0.25, 0.3) is 11.1 Å². The first-order valence-electron chi connectivity index (χ1n) is 6.55. The molecular formula is C14H13FN6O. The topological polar surface area (TPSA) is 77.6 Å². The van der Waals surface area contributed by atoms with E-state index < -0.39 is 0 Å². The first kappa shape index (κ1) is 13.9. The molecule has 0 fully saturated rings. The van der Waals surface area contributed by atoms with Gasteiger partial charge in [0, 0.05) is 24.4 Å². The number of aromatic nitrogens is 5. The van der Waals surface area contributed by atoms with E-state index in [1.54, 1.807) is 37.6 Å². The number of halogens is 1. The molecular weight excluding hydrogens is 287 g/mol. The van der Waals surface area contributed by atoms with E-state index in [0.717, 1.165) is 0 Å². The molecule has 0 aliphatic rings. The Balaban J connectivity index is 1.69. The second-order valence-corrected chi connectivity index (χ2v) is 4.73. The Morgan fingerprint density at radius 1 is 1.32 bits per heavy atom. The van der Waals surface area contributed by atoms with Gasteiger partial charge in [0.05, 0.1) is 12.4 Å². The molecule has 7 nitrogen and oxygen atoms in total. The van der Waals surface area contributed by atoms with Gasteiger partial charge in [-0.05, 0) is 6.07 Å². The smallest absolute Gasteiger partial charge is 0.247 e. The van der Waals surface area contributed by atoms with Crippen LogP contribution in [-0.4, -0.2) is 30.7 Å². The van der Waals surface area contributed by atoms with Crippen LogP contribution in [0.15, 0.2) is 42.9 Å². The van der Waals surface area contributed by atoms with Gasteiger partial charge in [0.2, 0.25) is 5.91 Å². The summed E-state index contributed by atoms with van der Waals surface area (Å²) in [5.74, 6) is -0.247. The fourth-order valence-electron chi connectivity index (χ4n) is 2.02. The monoisotopic (exact) mass is 300 g/mol. The number of carbonyl (C=O) groups is 1. The maximum absolute atomic E-state index is 13.7. The number of amides is 1. The number of nitrogens with zero attached hydrogens (tertiary/aromatic N) is 5. The van der Waals surface area contributed by atoms with Crippen LogP contribution in [0.2, 0.25) is 0 Å². The number of hydrogen-bond acceptors (Lipinski definition) is 4. The summed E-state index contributed by atoms with van der Waals surface area (Å²) in [5, 5.41) is 14.2. The lowest BCUT2D eigenvalue weighted by Gasteiger charge is -2.01. The van der Waals surface area contributed by atoms with Gasteiger partial charge in [-0.3, -0.25) is 14.2 Å². The highest BCUT2D eigenvalue weighted by atomic mass is 19.1. The van der Waals surface area contributed by atoms with E-state index in [0.29, 0.717) is 16.9 Å². The minimum atomic E-state index is -0.328. The zero-order valence-corrected chi connectivity index (χ0v) is 11.8. The fourth-order valence-corrected chi connectivity index (χ4v) is 2.02. The molecule has 0 saturated heterocycles. The summed E-state index contributed by atoms with van der Waals surface area (Å²) in [7, 11) is 1.71. The minimum Gasteiger partial charge on any atom is -0.306 e. The highest BCUT2D eigenvalue weighted by Crippen LogP contribution is 2.21. The predicted octanol–water partition coefficient (Wildman–Crippen LogP) is 1.46. The Hall–Kier alpha value is -3.03. The molecule has 0 unspecified atom stereocenters. The molecule has 0 spiro atoms. The third kappa shape index (κ3) is 3.00. The van der Waals surface area contributed by atoms with Gasteiger partial charge in [-0.15, -0.1) is 5.10 Å². The van der Waals surface area contributed by atoms with E-state index in [2.05, 4.69) is 20.7 Å². The van der Waals surface area contributed by atoms with Crippen molar-refractivity contribution < 1.29 is 9.18 Å². The molecule has 1 aromatic carbocycles. The molecule has 3 aromatic rings. The molecule has 0 aliphatic heterocycles. The van der Waals surface area contributed by atoms with Crippen molar-refractivity contribution in [1.29, 1.82) is 0 Å². The molecule has 22 heavy (non-hydrogen) atoms. The minimum absolute atomic E-state index is 0.00499. The second kappa shape index (κ2) is 5.76. The van der Waals surface area contributed by atoms with Crippen LogP contribution in [-0.2, 0) is 18.4 Å². The number of anilines is 1. The van der Waals surface area contributed by atoms with E-state index in [4.69, 9.17) is 0 Å². The molecule has 1 N–H and O–H groups in total. The molecule has 1 amide bonds. The van der Waals surface area contributed by atoms with Gasteiger partial charge in [-0.25, -0.2) is 4.39 Å². The number of nitrogens with one attached hydrogen (secondary N) is 1. The molecule has 3 rings (SSSR count). The Morgan fingerprint density at radius 3 is 2.86 bits per heavy atom. The lowest BCUT2D eigenvalue weighted by atomic mass is 10.1. The van der Waals surface area contributed by atoms with Gasteiger partial charge >= 0.3 is 0 Å². The molecule has 0 saturated carbocycles. The summed E-state index contributed by atoms with van der Waals surface area (Å²) in [4.78, 5) is 11.9. The molecule has 0 aliphatic carbocycles. The maximum Gasteiger partial charge on any atom is 0.247 e. The lowest BCUT2D eigenvalue weighted by Crippen LogP contribution is -2.19. The number of carbonyl (C=O) groups excluding carboxylic acids is 1. The average Bonchev–Trinajstić information content (AvgIpc) is 3.09. The van der Waals surface area contributed by atoms with Crippen molar-refractivity contribution in [2.45, 2.75) is 6.54 Å². The van der Waals surface area contributed by atoms with Crippen molar-refractivity contribution in [3.8, 4) is 11.1 Å². The van der Waals surface area contributed by atoms with E-state index in [9.17, 15) is 9.18 Å². The number of benzene rings is 1. The van der Waals surface area contributed by atoms with Crippen LogP contribution in [0.3, 0.4) is 0 Å². The SMILES string of the molecule is Cn1cc(NC(=O)Cn2cc(-c3ccccc3F)cn2)nn1. The Bertz CT molecular complexity index is 809. The highest BCUT2D eigenvalue weighted by molar-refractivity contribution is 5.89. The van der Waals surface area contributed by atoms with Crippen molar-refractivity contribution >= 4 is 11.7 Å². The summed E-state index contributed by atoms with van der Waals surface area (Å²) in [5.41, 5.74) is 1.06. The molecule has 112 valence electrons. The van der Waals surface area contributed by atoms with Crippen molar-refractivity contribution in [1.82, 2.24) is 24.8 Å². The van der Waals surface area contributed by atoms with Crippen molar-refractivity contribution in [3.05, 3.63) is 48.7 Å². The summed E-state index contributed by atoms with van der Waals surface area (Å²) in [6, 6.07) is 6.41. The van der Waals surface area contributed by atoms with E-state index >= 15 is 0 Å². The van der Waals surface area contributed by atoms with E-state index in [-0.39, 0.29) is 18.3 Å². The van der Waals surface area contributed by atoms with E-state index in [1.807, 2.05) is 0 Å². The molecule has 2 aromatic heterocycles. The van der Waals surface area contributed by atoms with Crippen LogP contribution < -0.4 is 5.32 Å². The molecule has 0 atom stereocenters. The number of hydrogen-bond donors (Lipinski definition) is 1. The molecule has 2 heterocycles. The first-order valence-corrected chi connectivity index (χ1v) is 6.55. The van der Waals surface area contributed by atoms with Gasteiger partial charge in [0.15, 0.2) is 5.82 Å². The van der Waals surface area contributed by atoms with Crippen LogP contribution in [0, 0.1) is 5.82 Å².